The molecule has 1 aromatic heterocycles. The van der Waals surface area contributed by atoms with Crippen LogP contribution in [0.15, 0.2) is 255 Å². The van der Waals surface area contributed by atoms with E-state index in [-0.39, 0.29) is 12.3 Å². The Kier molecular flexibility index (Phi) is 9.58. The summed E-state index contributed by atoms with van der Waals surface area (Å²) >= 11 is 1.89. The van der Waals surface area contributed by atoms with Crippen LogP contribution in [-0.4, -0.2) is 6.85 Å². The zero-order valence-corrected chi connectivity index (χ0v) is 41.9. The molecule has 3 nitrogen and oxygen atoms in total. The van der Waals surface area contributed by atoms with E-state index in [1.165, 1.54) is 109 Å². The van der Waals surface area contributed by atoms with Gasteiger partial charge in [0.15, 0.2) is 0 Å². The number of hydrogen-bond acceptors (Lipinski definition) is 4. The first-order valence-electron chi connectivity index (χ1n) is 25.7. The number of nitrogens with zero attached hydrogens (tertiary/aromatic N) is 3. The normalized spacial score (nSPS) is 13.6. The van der Waals surface area contributed by atoms with Crippen LogP contribution < -0.4 is 25.5 Å². The van der Waals surface area contributed by atoms with Gasteiger partial charge in [-0.1, -0.05) is 196 Å². The minimum Gasteiger partial charge on any atom is -0.376 e. The molecule has 0 aliphatic carbocycles. The average molecular weight is 962 g/mol. The lowest BCUT2D eigenvalue weighted by molar-refractivity contribution is 0.632. The molecule has 0 saturated heterocycles. The van der Waals surface area contributed by atoms with Crippen LogP contribution in [0.1, 0.15) is 25.0 Å². The molecule has 0 saturated carbocycles. The van der Waals surface area contributed by atoms with E-state index in [9.17, 15) is 0 Å². The Balaban J connectivity index is 1.04. The highest BCUT2D eigenvalue weighted by Gasteiger charge is 2.50. The van der Waals surface area contributed by atoms with Crippen molar-refractivity contribution in [3.05, 3.63) is 266 Å². The zero-order valence-electron chi connectivity index (χ0n) is 41.1. The van der Waals surface area contributed by atoms with Crippen LogP contribution in [0.25, 0.3) is 64.7 Å². The summed E-state index contributed by atoms with van der Waals surface area (Å²) in [4.78, 5) is 7.79. The fraction of sp³-hybridized carbons (Fsp3) is 0.0435. The van der Waals surface area contributed by atoms with Crippen LogP contribution in [-0.2, 0) is 5.41 Å². The number of para-hydroxylation sites is 2. The Bertz CT molecular complexity index is 4070. The number of fused-ring (bicyclic) bond motifs is 10. The fourth-order valence-corrected chi connectivity index (χ4v) is 13.7. The summed E-state index contributed by atoms with van der Waals surface area (Å²) in [6, 6.07) is 94.8. The fourth-order valence-electron chi connectivity index (χ4n) is 12.6. The molecule has 0 unspecified atom stereocenters. The number of anilines is 8. The van der Waals surface area contributed by atoms with Crippen molar-refractivity contribution < 1.29 is 0 Å². The molecule has 0 bridgehead atoms. The summed E-state index contributed by atoms with van der Waals surface area (Å²) in [6.07, 6.45) is 0. The van der Waals surface area contributed by atoms with Crippen LogP contribution in [0.2, 0.25) is 0 Å². The molecular formula is C69H48BN3S. The predicted octanol–water partition coefficient (Wildman–Crippen LogP) is 17.9. The van der Waals surface area contributed by atoms with Gasteiger partial charge in [0.05, 0.1) is 5.69 Å². The molecule has 5 heteroatoms. The molecule has 0 spiro atoms. The van der Waals surface area contributed by atoms with Crippen molar-refractivity contribution in [3.63, 3.8) is 0 Å². The minimum atomic E-state index is -0.250. The highest BCUT2D eigenvalue weighted by atomic mass is 32.1. The van der Waals surface area contributed by atoms with Crippen LogP contribution in [0, 0.1) is 0 Å². The number of rotatable bonds is 7. The molecule has 3 aliphatic heterocycles. The standard InChI is InChI=1S/C69H48BN3S/c1-69(2)57-24-13-14-27-60(57)72-62-44-54(71(51-35-29-48(30-36-51)45-17-6-3-7-18-45)52-37-31-49(32-38-52)46-19-8-4-9-20-46)43-56-65-61(41-42-64-66(65)55-23-12-15-28-63(55)74-64)73(70(67(56)62)59-26-16-25-58(69)68(59)72)53-39-33-50(34-40-53)47-21-10-5-11-22-47/h3-44H,1-2H3. The molecule has 3 aliphatic rings. The zero-order chi connectivity index (χ0) is 49.1. The summed E-state index contributed by atoms with van der Waals surface area (Å²) in [5, 5.41) is 2.59. The highest BCUT2D eigenvalue weighted by molar-refractivity contribution is 7.26. The summed E-state index contributed by atoms with van der Waals surface area (Å²) in [5.41, 5.74) is 24.1. The van der Waals surface area contributed by atoms with Gasteiger partial charge >= 0.3 is 6.85 Å². The van der Waals surface area contributed by atoms with Gasteiger partial charge in [-0.25, -0.2) is 0 Å². The first kappa shape index (κ1) is 42.8. The molecule has 4 heterocycles. The van der Waals surface area contributed by atoms with Gasteiger partial charge in [-0.3, -0.25) is 0 Å². The Hall–Kier alpha value is -8.90. The van der Waals surface area contributed by atoms with Crippen molar-refractivity contribution in [2.75, 3.05) is 14.6 Å². The molecule has 15 rings (SSSR count). The maximum atomic E-state index is 2.67. The molecule has 348 valence electrons. The molecule has 11 aromatic carbocycles. The third kappa shape index (κ3) is 6.46. The second kappa shape index (κ2) is 16.6. The molecular weight excluding hydrogens is 914 g/mol. The van der Waals surface area contributed by atoms with E-state index in [1.807, 2.05) is 11.3 Å². The number of thiophene rings is 1. The largest absolute Gasteiger partial charge is 0.376 e. The second-order valence-electron chi connectivity index (χ2n) is 20.4. The minimum absolute atomic E-state index is 0.137. The van der Waals surface area contributed by atoms with Crippen molar-refractivity contribution >= 4 is 94.8 Å². The van der Waals surface area contributed by atoms with Crippen molar-refractivity contribution in [2.45, 2.75) is 19.3 Å². The van der Waals surface area contributed by atoms with E-state index in [0.717, 1.165) is 22.7 Å². The van der Waals surface area contributed by atoms with Crippen LogP contribution >= 0.6 is 11.3 Å². The van der Waals surface area contributed by atoms with E-state index >= 15 is 0 Å². The molecule has 74 heavy (non-hydrogen) atoms. The first-order chi connectivity index (χ1) is 36.5. The predicted molar refractivity (Wildman–Crippen MR) is 316 cm³/mol. The molecule has 0 amide bonds. The van der Waals surface area contributed by atoms with Gasteiger partial charge < -0.3 is 14.6 Å². The Labute approximate surface area is 436 Å². The molecule has 0 atom stereocenters. The van der Waals surface area contributed by atoms with Crippen LogP contribution in [0.3, 0.4) is 0 Å². The van der Waals surface area contributed by atoms with E-state index in [1.54, 1.807) is 0 Å². The van der Waals surface area contributed by atoms with Gasteiger partial charge in [0.2, 0.25) is 0 Å². The number of benzene rings is 11. The van der Waals surface area contributed by atoms with E-state index in [4.69, 9.17) is 0 Å². The third-order valence-corrected chi connectivity index (χ3v) is 17.2. The Morgan fingerprint density at radius 3 is 1.59 bits per heavy atom. The summed E-state index contributed by atoms with van der Waals surface area (Å²) < 4.78 is 2.58. The van der Waals surface area contributed by atoms with Gasteiger partial charge in [-0.05, 0) is 134 Å². The van der Waals surface area contributed by atoms with Crippen molar-refractivity contribution in [1.82, 2.24) is 0 Å². The quantitative estimate of drug-likeness (QED) is 0.147. The van der Waals surface area contributed by atoms with Crippen LogP contribution in [0.5, 0.6) is 0 Å². The molecule has 0 fully saturated rings. The van der Waals surface area contributed by atoms with Gasteiger partial charge in [0.25, 0.3) is 0 Å². The smallest absolute Gasteiger partial charge is 0.333 e. The topological polar surface area (TPSA) is 9.72 Å². The SMILES string of the molecule is CC1(C)c2ccccc2N2c3cc(N(c4ccc(-c5ccccc5)cc4)c4ccc(-c5ccccc5)cc4)cc4c3B(c3cccc1c32)N(c1ccc(-c2ccccc2)cc1)c1ccc2sc3ccccc3c2c1-4. The summed E-state index contributed by atoms with van der Waals surface area (Å²) in [6.45, 7) is 4.68. The van der Waals surface area contributed by atoms with Gasteiger partial charge in [0, 0.05) is 71.0 Å². The monoisotopic (exact) mass is 961 g/mol. The average Bonchev–Trinajstić information content (AvgIpc) is 3.86. The maximum Gasteiger partial charge on any atom is 0.333 e. The highest BCUT2D eigenvalue weighted by Crippen LogP contribution is 2.57. The maximum absolute atomic E-state index is 2.67. The van der Waals surface area contributed by atoms with Gasteiger partial charge in [-0.15, -0.1) is 11.3 Å². The van der Waals surface area contributed by atoms with Gasteiger partial charge in [-0.2, -0.15) is 0 Å². The third-order valence-electron chi connectivity index (χ3n) is 16.0. The molecule has 12 aromatic rings. The van der Waals surface area contributed by atoms with E-state index in [0.29, 0.717) is 0 Å². The van der Waals surface area contributed by atoms with Gasteiger partial charge in [0.1, 0.15) is 0 Å². The van der Waals surface area contributed by atoms with E-state index < -0.39 is 0 Å². The summed E-state index contributed by atoms with van der Waals surface area (Å²) in [5.74, 6) is 0. The van der Waals surface area contributed by atoms with E-state index in [2.05, 4.69) is 283 Å². The molecule has 0 N–H and O–H groups in total. The second-order valence-corrected chi connectivity index (χ2v) is 21.5. The summed E-state index contributed by atoms with van der Waals surface area (Å²) in [7, 11) is 0. The van der Waals surface area contributed by atoms with Crippen molar-refractivity contribution in [1.29, 1.82) is 0 Å². The lowest BCUT2D eigenvalue weighted by atomic mass is 9.42. The number of hydrogen-bond donors (Lipinski definition) is 0. The lowest BCUT2D eigenvalue weighted by Crippen LogP contribution is -2.62. The first-order valence-corrected chi connectivity index (χ1v) is 26.5. The van der Waals surface area contributed by atoms with Crippen molar-refractivity contribution in [3.8, 4) is 44.5 Å². The molecule has 0 radical (unpaired) electrons. The van der Waals surface area contributed by atoms with Crippen LogP contribution in [0.4, 0.5) is 45.5 Å². The lowest BCUT2D eigenvalue weighted by Gasteiger charge is -2.50. The van der Waals surface area contributed by atoms with Crippen molar-refractivity contribution in [2.24, 2.45) is 0 Å². The Morgan fingerprint density at radius 1 is 0.419 bits per heavy atom. The Morgan fingerprint density at radius 2 is 0.959 bits per heavy atom.